The lowest BCUT2D eigenvalue weighted by Crippen LogP contribution is -2.51. The molecular formula is C21H26N2O3S2. The summed E-state index contributed by atoms with van der Waals surface area (Å²) in [5.74, 6) is -1.00. The average molecular weight is 419 g/mol. The maximum absolute atomic E-state index is 12.5. The minimum atomic E-state index is -1.07. The van der Waals surface area contributed by atoms with Gasteiger partial charge in [0.2, 0.25) is 0 Å². The maximum atomic E-state index is 12.5. The van der Waals surface area contributed by atoms with E-state index in [4.69, 9.17) is 17.3 Å². The number of benzene rings is 1. The fourth-order valence-electron chi connectivity index (χ4n) is 4.46. The summed E-state index contributed by atoms with van der Waals surface area (Å²) in [6.45, 7) is 10.8. The predicted molar refractivity (Wildman–Crippen MR) is 119 cm³/mol. The van der Waals surface area contributed by atoms with Crippen LogP contribution in [0.25, 0.3) is 6.08 Å². The number of amides is 1. The Hall–Kier alpha value is -1.86. The van der Waals surface area contributed by atoms with Gasteiger partial charge in [0.05, 0.1) is 4.91 Å². The highest BCUT2D eigenvalue weighted by Gasteiger charge is 2.38. The van der Waals surface area contributed by atoms with Crippen LogP contribution in [0.5, 0.6) is 0 Å². The van der Waals surface area contributed by atoms with Gasteiger partial charge in [-0.05, 0) is 69.4 Å². The van der Waals surface area contributed by atoms with Gasteiger partial charge in [0.15, 0.2) is 0 Å². The molecule has 2 aliphatic heterocycles. The van der Waals surface area contributed by atoms with Crippen molar-refractivity contribution < 1.29 is 14.7 Å². The van der Waals surface area contributed by atoms with Gasteiger partial charge in [0.25, 0.3) is 5.91 Å². The molecule has 1 fully saturated rings. The standard InChI is InChI=1S/C21H26N2O3S2/c1-12(2)23-16-7-6-14(8-15(16)13(3)10-21(23,4)5)9-17-19(26)22(11-18(24)25)20(27)28-17/h6-9,12-13H,10-11H2,1-5H3,(H,24,25)/b17-9+. The summed E-state index contributed by atoms with van der Waals surface area (Å²) < 4.78 is 0.290. The Morgan fingerprint density at radius 3 is 2.71 bits per heavy atom. The first kappa shape index (κ1) is 20.9. The summed E-state index contributed by atoms with van der Waals surface area (Å²) in [6.07, 6.45) is 2.87. The molecule has 0 spiro atoms. The van der Waals surface area contributed by atoms with E-state index >= 15 is 0 Å². The molecule has 1 saturated heterocycles. The van der Waals surface area contributed by atoms with Gasteiger partial charge >= 0.3 is 5.97 Å². The Bertz CT molecular complexity index is 876. The first-order valence-corrected chi connectivity index (χ1v) is 10.6. The second kappa shape index (κ2) is 7.52. The van der Waals surface area contributed by atoms with Crippen molar-refractivity contribution in [1.82, 2.24) is 4.90 Å². The number of thioether (sulfide) groups is 1. The molecule has 1 atom stereocenters. The number of carboxylic acids is 1. The van der Waals surface area contributed by atoms with E-state index in [1.807, 2.05) is 12.1 Å². The summed E-state index contributed by atoms with van der Waals surface area (Å²) in [6, 6.07) is 6.69. The molecule has 1 amide bonds. The molecular weight excluding hydrogens is 392 g/mol. The zero-order valence-corrected chi connectivity index (χ0v) is 18.5. The zero-order valence-electron chi connectivity index (χ0n) is 16.9. The predicted octanol–water partition coefficient (Wildman–Crippen LogP) is 4.47. The van der Waals surface area contributed by atoms with E-state index in [9.17, 15) is 9.59 Å². The molecule has 0 aliphatic carbocycles. The van der Waals surface area contributed by atoms with E-state index in [2.05, 4.69) is 51.7 Å². The van der Waals surface area contributed by atoms with Gasteiger partial charge in [-0.3, -0.25) is 14.5 Å². The molecule has 0 saturated carbocycles. The third-order valence-corrected chi connectivity index (χ3v) is 6.66. The van der Waals surface area contributed by atoms with Crippen LogP contribution in [-0.2, 0) is 9.59 Å². The summed E-state index contributed by atoms with van der Waals surface area (Å²) in [4.78, 5) is 27.5. The second-order valence-electron chi connectivity index (χ2n) is 8.36. The highest BCUT2D eigenvalue weighted by molar-refractivity contribution is 8.26. The van der Waals surface area contributed by atoms with Crippen LogP contribution in [0.4, 0.5) is 5.69 Å². The number of hydrogen-bond donors (Lipinski definition) is 1. The van der Waals surface area contributed by atoms with E-state index in [1.54, 1.807) is 0 Å². The van der Waals surface area contributed by atoms with Crippen LogP contribution in [0.15, 0.2) is 23.1 Å². The normalized spacial score (nSPS) is 22.9. The van der Waals surface area contributed by atoms with E-state index in [0.717, 1.165) is 28.6 Å². The van der Waals surface area contributed by atoms with Crippen molar-refractivity contribution in [1.29, 1.82) is 0 Å². The highest BCUT2D eigenvalue weighted by Crippen LogP contribution is 2.45. The molecule has 2 aliphatic rings. The minimum absolute atomic E-state index is 0.0847. The number of carbonyl (C=O) groups is 2. The van der Waals surface area contributed by atoms with Gasteiger partial charge in [0, 0.05) is 17.3 Å². The topological polar surface area (TPSA) is 60.9 Å². The van der Waals surface area contributed by atoms with Crippen molar-refractivity contribution in [3.63, 3.8) is 0 Å². The summed E-state index contributed by atoms with van der Waals surface area (Å²) in [5.41, 5.74) is 3.54. The number of nitrogens with zero attached hydrogens (tertiary/aromatic N) is 2. The van der Waals surface area contributed by atoms with Crippen molar-refractivity contribution in [2.24, 2.45) is 0 Å². The monoisotopic (exact) mass is 418 g/mol. The average Bonchev–Trinajstić information content (AvgIpc) is 2.81. The van der Waals surface area contributed by atoms with Crippen LogP contribution in [0.1, 0.15) is 58.1 Å². The molecule has 1 unspecified atom stereocenters. The first-order valence-electron chi connectivity index (χ1n) is 9.41. The van der Waals surface area contributed by atoms with Gasteiger partial charge in [-0.2, -0.15) is 0 Å². The summed E-state index contributed by atoms with van der Waals surface area (Å²) in [7, 11) is 0. The zero-order chi connectivity index (χ0) is 20.8. The Balaban J connectivity index is 1.96. The van der Waals surface area contributed by atoms with Gasteiger partial charge in [-0.1, -0.05) is 37.0 Å². The molecule has 2 heterocycles. The van der Waals surface area contributed by atoms with Crippen LogP contribution < -0.4 is 4.90 Å². The number of hydrogen-bond acceptors (Lipinski definition) is 5. The SMILES string of the molecule is CC1CC(C)(C)N(C(C)C)c2ccc(/C=C3/SC(=S)N(CC(=O)O)C3=O)cc21. The molecule has 1 aromatic carbocycles. The number of carbonyl (C=O) groups excluding carboxylic acids is 1. The molecule has 150 valence electrons. The lowest BCUT2D eigenvalue weighted by molar-refractivity contribution is -0.140. The van der Waals surface area contributed by atoms with E-state index in [-0.39, 0.29) is 15.8 Å². The smallest absolute Gasteiger partial charge is 0.323 e. The van der Waals surface area contributed by atoms with Crippen molar-refractivity contribution in [2.75, 3.05) is 11.4 Å². The summed E-state index contributed by atoms with van der Waals surface area (Å²) in [5, 5.41) is 8.97. The summed E-state index contributed by atoms with van der Waals surface area (Å²) >= 11 is 6.33. The van der Waals surface area contributed by atoms with Gasteiger partial charge < -0.3 is 10.0 Å². The fraction of sp³-hybridized carbons (Fsp3) is 0.476. The third kappa shape index (κ3) is 3.82. The number of carboxylic acid groups (broad SMARTS) is 1. The van der Waals surface area contributed by atoms with Crippen LogP contribution in [0.2, 0.25) is 0 Å². The van der Waals surface area contributed by atoms with Crippen LogP contribution in [0.3, 0.4) is 0 Å². The molecule has 1 aromatic rings. The molecule has 5 nitrogen and oxygen atoms in total. The third-order valence-electron chi connectivity index (χ3n) is 5.28. The van der Waals surface area contributed by atoms with Crippen LogP contribution in [0, 0.1) is 0 Å². The van der Waals surface area contributed by atoms with E-state index in [0.29, 0.717) is 16.9 Å². The number of thiocarbonyl (C=S) groups is 1. The second-order valence-corrected chi connectivity index (χ2v) is 10.0. The number of aliphatic carboxylic acids is 1. The Kier molecular flexibility index (Phi) is 5.60. The highest BCUT2D eigenvalue weighted by atomic mass is 32.2. The van der Waals surface area contributed by atoms with Crippen molar-refractivity contribution in [2.45, 2.75) is 58.5 Å². The van der Waals surface area contributed by atoms with Crippen molar-refractivity contribution in [3.8, 4) is 0 Å². The fourth-order valence-corrected chi connectivity index (χ4v) is 5.72. The van der Waals surface area contributed by atoms with Gasteiger partial charge in [0.1, 0.15) is 10.9 Å². The molecule has 0 bridgehead atoms. The van der Waals surface area contributed by atoms with Crippen molar-refractivity contribution in [3.05, 3.63) is 34.2 Å². The molecule has 0 aromatic heterocycles. The first-order chi connectivity index (χ1) is 13.0. The largest absolute Gasteiger partial charge is 0.480 e. The molecule has 28 heavy (non-hydrogen) atoms. The molecule has 1 N–H and O–H groups in total. The number of rotatable bonds is 4. The van der Waals surface area contributed by atoms with Crippen LogP contribution in [-0.4, -0.2) is 44.3 Å². The molecule has 3 rings (SSSR count). The lowest BCUT2D eigenvalue weighted by Gasteiger charge is -2.50. The van der Waals surface area contributed by atoms with Crippen LogP contribution >= 0.6 is 24.0 Å². The lowest BCUT2D eigenvalue weighted by atomic mass is 9.79. The van der Waals surface area contributed by atoms with E-state index < -0.39 is 12.5 Å². The maximum Gasteiger partial charge on any atom is 0.323 e. The Morgan fingerprint density at radius 1 is 1.43 bits per heavy atom. The molecule has 7 heteroatoms. The quantitative estimate of drug-likeness (QED) is 0.575. The van der Waals surface area contributed by atoms with Gasteiger partial charge in [-0.25, -0.2) is 0 Å². The van der Waals surface area contributed by atoms with Crippen molar-refractivity contribution >= 4 is 51.9 Å². The Labute approximate surface area is 175 Å². The Morgan fingerprint density at radius 2 is 2.11 bits per heavy atom. The minimum Gasteiger partial charge on any atom is -0.480 e. The van der Waals surface area contributed by atoms with E-state index in [1.165, 1.54) is 11.3 Å². The van der Waals surface area contributed by atoms with Gasteiger partial charge in [-0.15, -0.1) is 0 Å². The molecule has 0 radical (unpaired) electrons. The number of anilines is 1. The number of fused-ring (bicyclic) bond motifs is 1.